The molecule has 0 radical (unpaired) electrons. The van der Waals surface area contributed by atoms with E-state index in [1.54, 1.807) is 13.8 Å². The minimum Gasteiger partial charge on any atom is -0.508 e. The number of aliphatic hydroxyl groups is 6. The van der Waals surface area contributed by atoms with E-state index in [9.17, 15) is 88.2 Å². The number of fused-ring (bicyclic) bond motifs is 15. The number of halogens is 5. The molecular weight excluding hydrogens is 1680 g/mol. The van der Waals surface area contributed by atoms with Gasteiger partial charge in [-0.15, -0.1) is 13.2 Å². The highest BCUT2D eigenvalue weighted by atomic mass is 35.5. The number of aliphatic hydroxyl groups excluding tert-OH is 6. The van der Waals surface area contributed by atoms with Crippen LogP contribution in [0, 0.1) is 17.8 Å². The van der Waals surface area contributed by atoms with Gasteiger partial charge in [-0.2, -0.15) is 0 Å². The number of carbonyl (C=O) groups excluding carboxylic acids is 8. The SMILES string of the molecule is CC[C@H](CC(C)C)C(=O)N[C@H]1C(=O)CC(CC(N)=O)C(=O)NC2C(=O)C[C@H]3C(=O)N[C@H](C(=O)N[C@@H](C(=O)O)c4cc(O)cc(O)c4-c4cc3ccc4O)[C@H](O)c3ccc(c(Cl)c3)Oc3cc2cc(c3O[C@@H]2O[C@H](CO)[C@@H](O)[C@H](O)[C@H]2O[C@H]2C[C@](C)(NCCOC3CCN(C(=O)Nc4ccc(OC(F)(F)F)cc4)CC3)[C@H](O)[C@H](C)O2)Oc2ccc(cc2Cl)[C@H]1O. The topological polar surface area (TPSA) is 531 Å². The molecule has 6 aromatic rings. The van der Waals surface area contributed by atoms with Crippen molar-refractivity contribution in [2.75, 3.05) is 38.2 Å². The molecule has 0 spiro atoms. The summed E-state index contributed by atoms with van der Waals surface area (Å²) < 4.78 is 87.8. The molecule has 35 nitrogen and oxygen atoms in total. The number of phenolic OH excluding ortho intramolecular Hbond substituents is 3. The van der Waals surface area contributed by atoms with Gasteiger partial charge in [-0.25, -0.2) is 9.59 Å². The molecule has 2 unspecified atom stereocenters. The minimum absolute atomic E-state index is 0.0429. The van der Waals surface area contributed by atoms with Crippen LogP contribution >= 0.6 is 23.2 Å². The number of amides is 7. The number of urea groups is 1. The number of hydrogen-bond acceptors (Lipinski definition) is 27. The average Bonchev–Trinajstić information content (AvgIpc) is 0.766. The molecule has 124 heavy (non-hydrogen) atoms. The van der Waals surface area contributed by atoms with E-state index in [0.29, 0.717) is 19.3 Å². The van der Waals surface area contributed by atoms with E-state index in [4.69, 9.17) is 62.1 Å². The van der Waals surface area contributed by atoms with Crippen LogP contribution in [0.3, 0.4) is 0 Å². The number of carboxylic acids is 1. The Hall–Kier alpha value is -10.7. The smallest absolute Gasteiger partial charge is 0.508 e. The molecule has 8 aliphatic rings. The van der Waals surface area contributed by atoms with E-state index >= 15 is 19.2 Å². The number of primary amides is 1. The molecular formula is C84H95Cl2F3N8O27. The van der Waals surface area contributed by atoms with Crippen molar-refractivity contribution in [1.29, 1.82) is 0 Å². The molecule has 0 aromatic heterocycles. The van der Waals surface area contributed by atoms with Crippen LogP contribution in [0.15, 0.2) is 103 Å². The summed E-state index contributed by atoms with van der Waals surface area (Å²) in [6.45, 7) is 8.28. The lowest BCUT2D eigenvalue weighted by Gasteiger charge is -2.48. The molecule has 0 aliphatic carbocycles. The summed E-state index contributed by atoms with van der Waals surface area (Å²) in [5, 5.41) is 132. The van der Waals surface area contributed by atoms with Crippen LogP contribution in [-0.2, 0) is 57.3 Å². The van der Waals surface area contributed by atoms with Crippen molar-refractivity contribution in [3.8, 4) is 62.9 Å². The number of nitrogens with one attached hydrogen (secondary N) is 6. The summed E-state index contributed by atoms with van der Waals surface area (Å²) in [5.74, 6) is -20.0. The molecule has 8 heterocycles. The summed E-state index contributed by atoms with van der Waals surface area (Å²) in [4.78, 5) is 133. The number of benzene rings is 6. The predicted octanol–water partition coefficient (Wildman–Crippen LogP) is 6.76. The summed E-state index contributed by atoms with van der Waals surface area (Å²) >= 11 is 14.3. The third-order valence-corrected chi connectivity index (χ3v) is 23.2. The van der Waals surface area contributed by atoms with Crippen LogP contribution in [0.4, 0.5) is 23.7 Å². The van der Waals surface area contributed by atoms with Crippen LogP contribution in [0.2, 0.25) is 10.0 Å². The Morgan fingerprint density at radius 3 is 1.99 bits per heavy atom. The van der Waals surface area contributed by atoms with Crippen molar-refractivity contribution in [3.05, 3.63) is 141 Å². The van der Waals surface area contributed by atoms with Gasteiger partial charge >= 0.3 is 18.4 Å². The van der Waals surface area contributed by atoms with Gasteiger partial charge in [0.1, 0.15) is 83.1 Å². The molecule has 8 aliphatic heterocycles. The normalized spacial score (nSPS) is 27.3. The highest BCUT2D eigenvalue weighted by Crippen LogP contribution is 2.51. The second-order valence-electron chi connectivity index (χ2n) is 32.0. The number of carbonyl (C=O) groups is 9. The number of piperidine rings is 1. The first-order valence-corrected chi connectivity index (χ1v) is 40.7. The molecule has 7 amide bonds. The number of aliphatic carboxylic acids is 1. The zero-order chi connectivity index (χ0) is 89.8. The fourth-order valence-corrected chi connectivity index (χ4v) is 16.6. The first kappa shape index (κ1) is 92.5. The second kappa shape index (κ2) is 38.8. The average molecular weight is 1780 g/mol. The Bertz CT molecular complexity index is 5010. The number of likely N-dealkylation sites (tertiary alicyclic amines) is 1. The molecule has 18 atom stereocenters. The van der Waals surface area contributed by atoms with Crippen molar-refractivity contribution in [3.63, 3.8) is 0 Å². The van der Waals surface area contributed by atoms with Crippen LogP contribution in [0.1, 0.15) is 144 Å². The Labute approximate surface area is 716 Å². The molecule has 6 aromatic carbocycles. The number of anilines is 1. The van der Waals surface area contributed by atoms with Crippen molar-refractivity contribution in [1.82, 2.24) is 31.5 Å². The first-order chi connectivity index (χ1) is 58.7. The number of carboxylic acid groups (broad SMARTS) is 1. The third kappa shape index (κ3) is 21.3. The summed E-state index contributed by atoms with van der Waals surface area (Å²) in [6.07, 6.45) is -25.1. The Morgan fingerprint density at radius 2 is 1.39 bits per heavy atom. The Morgan fingerprint density at radius 1 is 0.742 bits per heavy atom. The first-order valence-electron chi connectivity index (χ1n) is 39.9. The number of hydrogen-bond donors (Lipinski definition) is 17. The molecule has 668 valence electrons. The summed E-state index contributed by atoms with van der Waals surface area (Å²) in [5.41, 5.74) is 2.16. The number of rotatable bonds is 20. The van der Waals surface area contributed by atoms with Gasteiger partial charge in [-0.05, 0) is 147 Å². The van der Waals surface area contributed by atoms with Gasteiger partial charge in [-0.1, -0.05) is 62.2 Å². The number of phenols is 3. The van der Waals surface area contributed by atoms with E-state index in [0.717, 1.165) is 72.8 Å². The second-order valence-corrected chi connectivity index (χ2v) is 32.8. The van der Waals surface area contributed by atoms with E-state index in [1.165, 1.54) is 42.2 Å². The van der Waals surface area contributed by atoms with E-state index < -0.39 is 267 Å². The quantitative estimate of drug-likeness (QED) is 0.0351. The van der Waals surface area contributed by atoms with Crippen molar-refractivity contribution < 1.29 is 145 Å². The van der Waals surface area contributed by atoms with Gasteiger partial charge in [0.25, 0.3) is 0 Å². The van der Waals surface area contributed by atoms with E-state index in [2.05, 4.69) is 36.6 Å². The molecule has 3 saturated heterocycles. The number of ketones is 2. The number of Topliss-reactive ketones (excluding diaryl/α,β-unsaturated/α-hetero) is 2. The molecule has 0 saturated carbocycles. The standard InChI is InChI=1S/C84H95Cl2F3N8O27/c1-6-38(23-36(2)3)76(110)95-67-55(102)27-43(30-62(90)104)77(111)93-65-42-28-59(119-57-15-8-40(69(67)105)25-51(57)85)73(60(29-42)120-58-16-9-41(26-52(58)86)70(106)68-79(113)94-66(80(114)115)50-31-45(99)32-54(101)64(50)49-24-39(7-14-53(49)100)48(33-56(65)103)78(112)96-68)123-81-74(72(108)71(107)61(35-98)121-81)122-63-34-83(5,75(109)37(4)118-63)91-19-22-117-46-17-20-97(21-18-46)82(116)92-44-10-12-47(13-11-44)124-84(87,88)89/h7-16,24-26,28-29,31-32,36-38,43,46,48,61,63,65-72,74-75,81,91,98-101,105-109H,6,17-23,27,30,33-35H2,1-5H3,(H2,90,104)(H,92,116)(H,93,111)(H,94,113)(H,95,110)(H,96,112)(H,114,115)/t37-,38+,43?,48+,61+,63-,65?,66+,67-,68-,69+,70+,71+,72-,74+,75+,81-,83-/m0/s1. The van der Waals surface area contributed by atoms with E-state index in [-0.39, 0.29) is 84.3 Å². The number of alkyl halides is 3. The molecule has 3 fully saturated rings. The maximum atomic E-state index is 16.4. The van der Waals surface area contributed by atoms with Gasteiger partial charge in [0, 0.05) is 85.2 Å². The lowest BCUT2D eigenvalue weighted by molar-refractivity contribution is -0.334. The summed E-state index contributed by atoms with van der Waals surface area (Å²) in [6, 6.07) is 9.46. The van der Waals surface area contributed by atoms with E-state index in [1.807, 2.05) is 13.8 Å². The monoisotopic (exact) mass is 1770 g/mol. The number of nitrogens with zero attached hydrogens (tertiary/aromatic N) is 1. The molecule has 11 bridgehead atoms. The van der Waals surface area contributed by atoms with Gasteiger partial charge in [0.05, 0.1) is 53.4 Å². The fraction of sp³-hybridized carbons (Fsp3) is 0.464. The van der Waals surface area contributed by atoms with Gasteiger partial charge in [-0.3, -0.25) is 33.6 Å². The molecule has 18 N–H and O–H groups in total. The third-order valence-electron chi connectivity index (χ3n) is 22.6. The predicted molar refractivity (Wildman–Crippen MR) is 429 cm³/mol. The van der Waals surface area contributed by atoms with Crippen LogP contribution in [0.5, 0.6) is 51.7 Å². The largest absolute Gasteiger partial charge is 0.573 e. The maximum absolute atomic E-state index is 16.4. The van der Waals surface area contributed by atoms with Crippen molar-refractivity contribution >= 4 is 82.0 Å². The zero-order valence-corrected chi connectivity index (χ0v) is 68.8. The summed E-state index contributed by atoms with van der Waals surface area (Å²) in [7, 11) is 0. The van der Waals surface area contributed by atoms with Gasteiger partial charge < -0.3 is 131 Å². The van der Waals surface area contributed by atoms with Crippen molar-refractivity contribution in [2.24, 2.45) is 23.5 Å². The highest BCUT2D eigenvalue weighted by Gasteiger charge is 2.53. The number of ether oxygens (including phenoxy) is 8. The van der Waals surface area contributed by atoms with Gasteiger partial charge in [0.15, 0.2) is 41.5 Å². The lowest BCUT2D eigenvalue weighted by atomic mass is 9.84. The number of aromatic hydroxyl groups is 3. The molecule has 40 heteroatoms. The van der Waals surface area contributed by atoms with Crippen LogP contribution < -0.4 is 56.6 Å². The number of nitrogens with two attached hydrogens (primary N) is 1. The maximum Gasteiger partial charge on any atom is 0.573 e. The Balaban J connectivity index is 0.951. The van der Waals surface area contributed by atoms with Crippen LogP contribution in [-0.4, -0.2) is 221 Å². The fourth-order valence-electron chi connectivity index (χ4n) is 16.1. The lowest BCUT2D eigenvalue weighted by Crippen LogP contribution is -2.65. The molecule has 14 rings (SSSR count). The highest BCUT2D eigenvalue weighted by molar-refractivity contribution is 6.32. The van der Waals surface area contributed by atoms with Crippen molar-refractivity contribution in [2.45, 2.75) is 195 Å². The van der Waals surface area contributed by atoms with Crippen LogP contribution in [0.25, 0.3) is 11.1 Å². The minimum atomic E-state index is -4.90. The van der Waals surface area contributed by atoms with Gasteiger partial charge in [0.2, 0.25) is 41.6 Å². The Kier molecular flexibility index (Phi) is 28.9. The zero-order valence-electron chi connectivity index (χ0n) is 67.3.